The number of rotatable bonds is 2. The van der Waals surface area contributed by atoms with Crippen LogP contribution in [0.4, 0.5) is 5.82 Å². The lowest BCUT2D eigenvalue weighted by atomic mass is 10.4. The molecular weight excluding hydrogens is 252 g/mol. The molecule has 1 saturated heterocycles. The minimum atomic E-state index is -0.179. The van der Waals surface area contributed by atoms with Crippen molar-refractivity contribution in [3.05, 3.63) is 18.6 Å². The molecule has 1 fully saturated rings. The Morgan fingerprint density at radius 2 is 2.39 bits per heavy atom. The second kappa shape index (κ2) is 4.42. The van der Waals surface area contributed by atoms with Crippen LogP contribution in [0.2, 0.25) is 0 Å². The molecule has 1 aliphatic rings. The minimum Gasteiger partial charge on any atom is -0.393 e. The number of fused-ring (bicyclic) bond motifs is 1. The van der Waals surface area contributed by atoms with Crippen molar-refractivity contribution in [1.29, 1.82) is 0 Å². The molecule has 0 amide bonds. The largest absolute Gasteiger partial charge is 0.393 e. The van der Waals surface area contributed by atoms with Crippen molar-refractivity contribution in [2.24, 2.45) is 0 Å². The number of aromatic nitrogens is 3. The molecule has 0 bridgehead atoms. The zero-order chi connectivity index (χ0) is 12.7. The van der Waals surface area contributed by atoms with E-state index in [1.54, 1.807) is 11.8 Å². The van der Waals surface area contributed by atoms with Gasteiger partial charge in [-0.25, -0.2) is 9.97 Å². The summed E-state index contributed by atoms with van der Waals surface area (Å²) in [7, 11) is 0. The quantitative estimate of drug-likeness (QED) is 0.842. The molecule has 3 N–H and O–H groups in total. The third-order valence-electron chi connectivity index (χ3n) is 3.02. The average molecular weight is 266 g/mol. The van der Waals surface area contributed by atoms with Crippen LogP contribution in [0, 0.1) is 0 Å². The first kappa shape index (κ1) is 11.8. The van der Waals surface area contributed by atoms with Crippen molar-refractivity contribution in [1.82, 2.24) is 14.5 Å². The predicted molar refractivity (Wildman–Crippen MR) is 70.0 cm³/mol. The van der Waals surface area contributed by atoms with E-state index in [4.69, 9.17) is 15.6 Å². The number of hydrogen-bond donors (Lipinski definition) is 2. The highest BCUT2D eigenvalue weighted by molar-refractivity contribution is 8.00. The van der Waals surface area contributed by atoms with Crippen LogP contribution in [0.15, 0.2) is 18.6 Å². The van der Waals surface area contributed by atoms with Gasteiger partial charge in [-0.3, -0.25) is 0 Å². The monoisotopic (exact) mass is 266 g/mol. The molecule has 0 spiro atoms. The summed E-state index contributed by atoms with van der Waals surface area (Å²) in [5.41, 5.74) is 6.39. The molecular formula is C11H14N4O2S. The van der Waals surface area contributed by atoms with Crippen molar-refractivity contribution in [3.63, 3.8) is 0 Å². The molecule has 96 valence electrons. The van der Waals surface area contributed by atoms with Gasteiger partial charge in [-0.1, -0.05) is 0 Å². The van der Waals surface area contributed by atoms with Crippen LogP contribution in [-0.2, 0) is 4.74 Å². The van der Waals surface area contributed by atoms with Crippen LogP contribution in [0.5, 0.6) is 0 Å². The Bertz CT molecular complexity index is 573. The summed E-state index contributed by atoms with van der Waals surface area (Å²) in [6.45, 7) is 2.09. The van der Waals surface area contributed by atoms with Gasteiger partial charge in [-0.05, 0) is 13.0 Å². The van der Waals surface area contributed by atoms with E-state index in [9.17, 15) is 0 Å². The molecule has 3 heterocycles. The Labute approximate surface area is 108 Å². The number of nitrogens with two attached hydrogens (primary N) is 1. The van der Waals surface area contributed by atoms with Crippen LogP contribution in [-0.4, -0.2) is 36.9 Å². The van der Waals surface area contributed by atoms with E-state index in [0.29, 0.717) is 5.82 Å². The molecule has 0 aromatic carbocycles. The molecule has 2 aromatic heterocycles. The Morgan fingerprint density at radius 1 is 1.56 bits per heavy atom. The number of anilines is 1. The van der Waals surface area contributed by atoms with Crippen LogP contribution in [0.25, 0.3) is 11.0 Å². The van der Waals surface area contributed by atoms with Crippen molar-refractivity contribution < 1.29 is 9.84 Å². The molecule has 2 aromatic rings. The Kier molecular flexibility index (Phi) is 2.89. The highest BCUT2D eigenvalue weighted by Gasteiger charge is 2.34. The minimum absolute atomic E-state index is 0.0157. The van der Waals surface area contributed by atoms with Crippen molar-refractivity contribution in [3.8, 4) is 0 Å². The Balaban J connectivity index is 2.02. The predicted octanol–water partition coefficient (Wildman–Crippen LogP) is 0.982. The second-order valence-corrected chi connectivity index (χ2v) is 5.74. The van der Waals surface area contributed by atoms with E-state index >= 15 is 0 Å². The smallest absolute Gasteiger partial charge is 0.148 e. The highest BCUT2D eigenvalue weighted by Crippen LogP contribution is 2.39. The lowest BCUT2D eigenvalue weighted by molar-refractivity contribution is -0.0118. The standard InChI is InChI=1S/C11H14N4O2S/c1-6-11(17-8(4-16)18-6)15-3-2-7-9(12)13-5-14-10(7)15/h2-3,5-6,8,11,16H,4H2,1H3,(H2,12,13,14)/t6-,8+,11-/m1/s1. The molecule has 18 heavy (non-hydrogen) atoms. The fourth-order valence-corrected chi connectivity index (χ4v) is 3.25. The van der Waals surface area contributed by atoms with E-state index < -0.39 is 0 Å². The fraction of sp³-hybridized carbons (Fsp3) is 0.455. The van der Waals surface area contributed by atoms with Crippen LogP contribution in [0.1, 0.15) is 13.2 Å². The molecule has 3 rings (SSSR count). The first-order valence-electron chi connectivity index (χ1n) is 5.69. The third kappa shape index (κ3) is 1.75. The number of aliphatic hydroxyl groups excluding tert-OH is 1. The van der Waals surface area contributed by atoms with Gasteiger partial charge in [0.25, 0.3) is 0 Å². The lowest BCUT2D eigenvalue weighted by Gasteiger charge is -2.16. The number of aliphatic hydroxyl groups is 1. The molecule has 1 aliphatic heterocycles. The van der Waals surface area contributed by atoms with E-state index in [1.165, 1.54) is 6.33 Å². The zero-order valence-corrected chi connectivity index (χ0v) is 10.7. The van der Waals surface area contributed by atoms with Crippen molar-refractivity contribution in [2.45, 2.75) is 23.8 Å². The SMILES string of the molecule is C[C@H]1S[C@@H](CO)O[C@H]1n1ccc2c(N)ncnc21. The number of hydrogen-bond acceptors (Lipinski definition) is 6. The summed E-state index contributed by atoms with van der Waals surface area (Å²) in [5, 5.41) is 10.2. The van der Waals surface area contributed by atoms with E-state index in [2.05, 4.69) is 16.9 Å². The molecule has 0 aliphatic carbocycles. The molecule has 6 nitrogen and oxygen atoms in total. The van der Waals surface area contributed by atoms with Gasteiger partial charge in [0.05, 0.1) is 17.2 Å². The van der Waals surface area contributed by atoms with Gasteiger partial charge in [0, 0.05) is 6.20 Å². The first-order valence-corrected chi connectivity index (χ1v) is 6.64. The molecule has 3 atom stereocenters. The van der Waals surface area contributed by atoms with Gasteiger partial charge in [-0.15, -0.1) is 11.8 Å². The maximum atomic E-state index is 9.16. The van der Waals surface area contributed by atoms with Gasteiger partial charge >= 0.3 is 0 Å². The normalized spacial score (nSPS) is 28.0. The topological polar surface area (TPSA) is 86.2 Å². The summed E-state index contributed by atoms with van der Waals surface area (Å²) < 4.78 is 7.74. The van der Waals surface area contributed by atoms with Crippen LogP contribution >= 0.6 is 11.8 Å². The maximum Gasteiger partial charge on any atom is 0.148 e. The van der Waals surface area contributed by atoms with Gasteiger partial charge in [0.2, 0.25) is 0 Å². The van der Waals surface area contributed by atoms with Gasteiger partial charge in [-0.2, -0.15) is 0 Å². The van der Waals surface area contributed by atoms with E-state index in [0.717, 1.165) is 11.0 Å². The number of nitrogen functional groups attached to an aromatic ring is 1. The number of nitrogens with zero attached hydrogens (tertiary/aromatic N) is 3. The molecule has 0 radical (unpaired) electrons. The Morgan fingerprint density at radius 3 is 3.11 bits per heavy atom. The highest BCUT2D eigenvalue weighted by atomic mass is 32.2. The van der Waals surface area contributed by atoms with E-state index in [1.807, 2.05) is 16.8 Å². The van der Waals surface area contributed by atoms with Crippen LogP contribution in [0.3, 0.4) is 0 Å². The lowest BCUT2D eigenvalue weighted by Crippen LogP contribution is -2.17. The Hall–Kier alpha value is -1.31. The van der Waals surface area contributed by atoms with Crippen LogP contribution < -0.4 is 5.73 Å². The van der Waals surface area contributed by atoms with Gasteiger partial charge in [0.1, 0.15) is 29.5 Å². The molecule has 0 saturated carbocycles. The number of thioether (sulfide) groups is 1. The average Bonchev–Trinajstić information content (AvgIpc) is 2.93. The van der Waals surface area contributed by atoms with E-state index in [-0.39, 0.29) is 23.5 Å². The summed E-state index contributed by atoms with van der Waals surface area (Å²) in [6, 6.07) is 1.89. The fourth-order valence-electron chi connectivity index (χ4n) is 2.18. The van der Waals surface area contributed by atoms with Crippen molar-refractivity contribution in [2.75, 3.05) is 12.3 Å². The first-order chi connectivity index (χ1) is 8.70. The second-order valence-electron chi connectivity index (χ2n) is 4.20. The summed E-state index contributed by atoms with van der Waals surface area (Å²) >= 11 is 1.62. The molecule has 7 heteroatoms. The zero-order valence-electron chi connectivity index (χ0n) is 9.85. The summed E-state index contributed by atoms with van der Waals surface area (Å²) in [6.07, 6.45) is 3.21. The maximum absolute atomic E-state index is 9.16. The van der Waals surface area contributed by atoms with Gasteiger partial charge in [0.15, 0.2) is 0 Å². The number of ether oxygens (including phenoxy) is 1. The summed E-state index contributed by atoms with van der Waals surface area (Å²) in [4.78, 5) is 8.22. The third-order valence-corrected chi connectivity index (χ3v) is 4.25. The molecule has 0 unspecified atom stereocenters. The van der Waals surface area contributed by atoms with Crippen molar-refractivity contribution >= 4 is 28.6 Å². The van der Waals surface area contributed by atoms with Gasteiger partial charge < -0.3 is 20.1 Å². The summed E-state index contributed by atoms with van der Waals surface area (Å²) in [5.74, 6) is 0.468.